The average molecular weight is 351 g/mol. The maximum absolute atomic E-state index is 3.36. The molecule has 0 N–H and O–H groups in total. The number of benzene rings is 1. The lowest BCUT2D eigenvalue weighted by Crippen LogP contribution is -2.32. The fourth-order valence-electron chi connectivity index (χ4n) is 3.75. The fourth-order valence-corrected chi connectivity index (χ4v) is 3.75. The number of likely N-dealkylation sites (N-methyl/N-ethyl adjacent to an activating group) is 1. The van der Waals surface area contributed by atoms with Gasteiger partial charge in [-0.05, 0) is 50.1 Å². The number of aromatic nitrogens is 1. The smallest absolute Gasteiger partial charge is 0.0442 e. The molecule has 2 aromatic rings. The molecule has 1 aliphatic rings. The summed E-state index contributed by atoms with van der Waals surface area (Å²) in [6.45, 7) is 13.0. The SMILES string of the molecule is C/C=c1/c2c(n(CCc3ccccc3)/c1=C/CC)CCN(C)C2.C=CC. The first-order valence-corrected chi connectivity index (χ1v) is 9.82. The summed E-state index contributed by atoms with van der Waals surface area (Å²) in [6.07, 6.45) is 9.81. The maximum atomic E-state index is 3.36. The van der Waals surface area contributed by atoms with E-state index in [1.165, 1.54) is 22.6 Å². The lowest BCUT2D eigenvalue weighted by atomic mass is 10.1. The van der Waals surface area contributed by atoms with Gasteiger partial charge in [-0.2, -0.15) is 0 Å². The van der Waals surface area contributed by atoms with Gasteiger partial charge in [-0.15, -0.1) is 6.58 Å². The predicted molar refractivity (Wildman–Crippen MR) is 115 cm³/mol. The number of allylic oxidation sites excluding steroid dienone is 1. The van der Waals surface area contributed by atoms with Gasteiger partial charge >= 0.3 is 0 Å². The summed E-state index contributed by atoms with van der Waals surface area (Å²) < 4.78 is 2.59. The van der Waals surface area contributed by atoms with E-state index >= 15 is 0 Å². The van der Waals surface area contributed by atoms with Crippen molar-refractivity contribution in [2.24, 2.45) is 0 Å². The minimum Gasteiger partial charge on any atom is -0.344 e. The fraction of sp³-hybridized carbons (Fsp3) is 0.417. The van der Waals surface area contributed by atoms with Gasteiger partial charge in [-0.1, -0.05) is 55.5 Å². The van der Waals surface area contributed by atoms with Crippen LogP contribution in [0.25, 0.3) is 12.2 Å². The van der Waals surface area contributed by atoms with Gasteiger partial charge in [0, 0.05) is 37.1 Å². The second-order valence-electron chi connectivity index (χ2n) is 6.91. The highest BCUT2D eigenvalue weighted by Crippen LogP contribution is 2.15. The highest BCUT2D eigenvalue weighted by molar-refractivity contribution is 5.39. The second-order valence-corrected chi connectivity index (χ2v) is 6.91. The molecule has 0 unspecified atom stereocenters. The summed E-state index contributed by atoms with van der Waals surface area (Å²) >= 11 is 0. The Hall–Kier alpha value is -2.06. The average Bonchev–Trinajstić information content (AvgIpc) is 2.93. The summed E-state index contributed by atoms with van der Waals surface area (Å²) in [4.78, 5) is 2.44. The zero-order chi connectivity index (χ0) is 18.9. The lowest BCUT2D eigenvalue weighted by molar-refractivity contribution is 0.307. The van der Waals surface area contributed by atoms with Crippen LogP contribution < -0.4 is 10.6 Å². The highest BCUT2D eigenvalue weighted by Gasteiger charge is 2.20. The van der Waals surface area contributed by atoms with Crippen LogP contribution in [0.1, 0.15) is 44.0 Å². The van der Waals surface area contributed by atoms with Crippen molar-refractivity contribution in [3.05, 3.63) is 70.4 Å². The molecule has 0 bridgehead atoms. The van der Waals surface area contributed by atoms with Crippen molar-refractivity contribution >= 4 is 12.2 Å². The number of hydrogen-bond acceptors (Lipinski definition) is 1. The Kier molecular flexibility index (Phi) is 7.93. The molecule has 2 heterocycles. The van der Waals surface area contributed by atoms with Gasteiger partial charge in [0.2, 0.25) is 0 Å². The van der Waals surface area contributed by atoms with Crippen LogP contribution in [-0.2, 0) is 25.9 Å². The molecule has 1 aromatic carbocycles. The Balaban J connectivity index is 0.000000758. The zero-order valence-corrected chi connectivity index (χ0v) is 17.0. The summed E-state index contributed by atoms with van der Waals surface area (Å²) in [5.41, 5.74) is 4.54. The molecule has 0 amide bonds. The zero-order valence-electron chi connectivity index (χ0n) is 17.0. The van der Waals surface area contributed by atoms with Crippen molar-refractivity contribution in [2.75, 3.05) is 13.6 Å². The Morgan fingerprint density at radius 1 is 1.15 bits per heavy atom. The number of hydrogen-bond donors (Lipinski definition) is 0. The summed E-state index contributed by atoms with van der Waals surface area (Å²) in [6, 6.07) is 10.8. The summed E-state index contributed by atoms with van der Waals surface area (Å²) in [7, 11) is 2.23. The van der Waals surface area contributed by atoms with Crippen LogP contribution >= 0.6 is 0 Å². The van der Waals surface area contributed by atoms with Gasteiger partial charge in [-0.3, -0.25) is 0 Å². The van der Waals surface area contributed by atoms with E-state index in [0.717, 1.165) is 32.5 Å². The maximum Gasteiger partial charge on any atom is 0.0442 e. The van der Waals surface area contributed by atoms with E-state index in [1.807, 2.05) is 6.92 Å². The normalized spacial score (nSPS) is 15.4. The number of fused-ring (bicyclic) bond motifs is 1. The third-order valence-corrected chi connectivity index (χ3v) is 4.88. The summed E-state index contributed by atoms with van der Waals surface area (Å²) in [5, 5.41) is 2.90. The number of rotatable bonds is 4. The largest absolute Gasteiger partial charge is 0.344 e. The van der Waals surface area contributed by atoms with Crippen LogP contribution in [0.2, 0.25) is 0 Å². The molecule has 2 nitrogen and oxygen atoms in total. The molecular formula is C24H34N2. The monoisotopic (exact) mass is 350 g/mol. The minimum absolute atomic E-state index is 1.08. The Morgan fingerprint density at radius 2 is 1.85 bits per heavy atom. The van der Waals surface area contributed by atoms with Gasteiger partial charge in [0.15, 0.2) is 0 Å². The first-order valence-electron chi connectivity index (χ1n) is 9.82. The van der Waals surface area contributed by atoms with Gasteiger partial charge in [0.05, 0.1) is 0 Å². The molecule has 0 fully saturated rings. The van der Waals surface area contributed by atoms with E-state index in [9.17, 15) is 0 Å². The molecule has 26 heavy (non-hydrogen) atoms. The van der Waals surface area contributed by atoms with E-state index in [2.05, 4.69) is 79.4 Å². The molecule has 0 radical (unpaired) electrons. The van der Waals surface area contributed by atoms with E-state index in [4.69, 9.17) is 0 Å². The molecule has 0 atom stereocenters. The standard InChI is InChI=1S/C21H28N2.C3H6/c1-4-9-20-18(5-2)19-16-22(3)14-13-21(19)23(20)15-12-17-10-7-6-8-11-17;1-3-2/h5-11H,4,12-16H2,1-3H3;3H,1H2,2H3/b18-5-,20-9+;. The molecule has 3 rings (SSSR count). The van der Waals surface area contributed by atoms with Crippen molar-refractivity contribution in [2.45, 2.75) is 53.1 Å². The predicted octanol–water partition coefficient (Wildman–Crippen LogP) is 3.90. The third kappa shape index (κ3) is 4.76. The second kappa shape index (κ2) is 10.2. The van der Waals surface area contributed by atoms with Crippen molar-refractivity contribution in [1.29, 1.82) is 0 Å². The van der Waals surface area contributed by atoms with Gasteiger partial charge in [-0.25, -0.2) is 0 Å². The minimum atomic E-state index is 1.08. The van der Waals surface area contributed by atoms with Crippen LogP contribution in [-0.4, -0.2) is 23.1 Å². The molecule has 0 aliphatic carbocycles. The van der Waals surface area contributed by atoms with Crippen LogP contribution in [0.15, 0.2) is 43.0 Å². The van der Waals surface area contributed by atoms with Crippen LogP contribution in [0, 0.1) is 0 Å². The van der Waals surface area contributed by atoms with E-state index < -0.39 is 0 Å². The number of nitrogens with zero attached hydrogens (tertiary/aromatic N) is 2. The Labute approximate surface area is 159 Å². The number of aryl methyl sites for hydroxylation is 1. The highest BCUT2D eigenvalue weighted by atomic mass is 15.1. The van der Waals surface area contributed by atoms with Crippen molar-refractivity contribution in [1.82, 2.24) is 9.47 Å². The van der Waals surface area contributed by atoms with Crippen LogP contribution in [0.4, 0.5) is 0 Å². The van der Waals surface area contributed by atoms with E-state index in [-0.39, 0.29) is 0 Å². The first kappa shape index (κ1) is 20.3. The molecule has 0 saturated carbocycles. The first-order chi connectivity index (χ1) is 12.7. The third-order valence-electron chi connectivity index (χ3n) is 4.88. The van der Waals surface area contributed by atoms with Crippen molar-refractivity contribution in [3.63, 3.8) is 0 Å². The summed E-state index contributed by atoms with van der Waals surface area (Å²) in [5.74, 6) is 0. The van der Waals surface area contributed by atoms with Gasteiger partial charge in [0.25, 0.3) is 0 Å². The molecular weight excluding hydrogens is 316 g/mol. The quantitative estimate of drug-likeness (QED) is 0.759. The Morgan fingerprint density at radius 3 is 2.46 bits per heavy atom. The van der Waals surface area contributed by atoms with Crippen molar-refractivity contribution < 1.29 is 0 Å². The molecule has 1 aliphatic heterocycles. The van der Waals surface area contributed by atoms with E-state index in [0.29, 0.717) is 0 Å². The van der Waals surface area contributed by atoms with E-state index in [1.54, 1.807) is 17.3 Å². The molecule has 140 valence electrons. The molecule has 0 spiro atoms. The van der Waals surface area contributed by atoms with Crippen molar-refractivity contribution in [3.8, 4) is 0 Å². The Bertz CT molecular complexity index is 812. The van der Waals surface area contributed by atoms with Gasteiger partial charge in [0.1, 0.15) is 0 Å². The topological polar surface area (TPSA) is 8.17 Å². The lowest BCUT2D eigenvalue weighted by Gasteiger charge is -2.24. The molecule has 2 heteroatoms. The molecule has 0 saturated heterocycles. The van der Waals surface area contributed by atoms with Gasteiger partial charge < -0.3 is 9.47 Å². The molecule has 1 aromatic heterocycles. The van der Waals surface area contributed by atoms with Crippen LogP contribution in [0.3, 0.4) is 0 Å². The van der Waals surface area contributed by atoms with Crippen LogP contribution in [0.5, 0.6) is 0 Å².